The molecule has 21 heavy (non-hydrogen) atoms. The van der Waals surface area contributed by atoms with Crippen LogP contribution in [0.2, 0.25) is 5.02 Å². The van der Waals surface area contributed by atoms with E-state index in [4.69, 9.17) is 16.3 Å². The summed E-state index contributed by atoms with van der Waals surface area (Å²) in [6, 6.07) is 14.3. The topological polar surface area (TPSA) is 21.3 Å². The Bertz CT molecular complexity index is 583. The van der Waals surface area contributed by atoms with Crippen LogP contribution in [0.1, 0.15) is 25.8 Å². The van der Waals surface area contributed by atoms with Crippen molar-refractivity contribution < 1.29 is 4.74 Å². The molecular formula is C18H22ClNO. The monoisotopic (exact) mass is 303 g/mol. The van der Waals surface area contributed by atoms with Crippen LogP contribution >= 0.6 is 11.6 Å². The van der Waals surface area contributed by atoms with E-state index in [1.165, 1.54) is 5.56 Å². The van der Waals surface area contributed by atoms with E-state index in [1.807, 2.05) is 24.3 Å². The minimum Gasteiger partial charge on any atom is -0.493 e. The number of halogens is 1. The molecule has 0 saturated carbocycles. The summed E-state index contributed by atoms with van der Waals surface area (Å²) in [6.45, 7) is 6.70. The van der Waals surface area contributed by atoms with Gasteiger partial charge in [0.05, 0.1) is 6.61 Å². The Labute approximate surface area is 132 Å². The lowest BCUT2D eigenvalue weighted by Gasteiger charge is -2.13. The number of hydrogen-bond acceptors (Lipinski definition) is 2. The smallest absolute Gasteiger partial charge is 0.127 e. The summed E-state index contributed by atoms with van der Waals surface area (Å²) in [5.74, 6) is 0.890. The van der Waals surface area contributed by atoms with Gasteiger partial charge >= 0.3 is 0 Å². The summed E-state index contributed by atoms with van der Waals surface area (Å²) in [6.07, 6.45) is 0.990. The molecule has 2 aromatic carbocycles. The molecule has 0 aliphatic carbocycles. The maximum Gasteiger partial charge on any atom is 0.127 e. The van der Waals surface area contributed by atoms with Gasteiger partial charge in [-0.2, -0.15) is 0 Å². The zero-order valence-electron chi connectivity index (χ0n) is 12.7. The highest BCUT2D eigenvalue weighted by Gasteiger charge is 2.10. The van der Waals surface area contributed by atoms with Gasteiger partial charge in [-0.25, -0.2) is 0 Å². The van der Waals surface area contributed by atoms with Crippen LogP contribution in [-0.4, -0.2) is 13.2 Å². The van der Waals surface area contributed by atoms with E-state index in [2.05, 4.69) is 37.4 Å². The molecule has 0 fully saturated rings. The second-order valence-electron chi connectivity index (χ2n) is 4.94. The van der Waals surface area contributed by atoms with Crippen molar-refractivity contribution in [3.05, 3.63) is 53.1 Å². The molecule has 0 aromatic heterocycles. The summed E-state index contributed by atoms with van der Waals surface area (Å²) < 4.78 is 5.82. The van der Waals surface area contributed by atoms with Crippen molar-refractivity contribution in [3.63, 3.8) is 0 Å². The van der Waals surface area contributed by atoms with Gasteiger partial charge in [-0.3, -0.25) is 0 Å². The first kappa shape index (κ1) is 15.9. The van der Waals surface area contributed by atoms with Crippen molar-refractivity contribution >= 4 is 11.6 Å². The number of ether oxygens (including phenoxy) is 1. The molecule has 0 atom stereocenters. The van der Waals surface area contributed by atoms with Crippen LogP contribution in [-0.2, 0) is 6.54 Å². The molecular weight excluding hydrogens is 282 g/mol. The summed E-state index contributed by atoms with van der Waals surface area (Å²) in [4.78, 5) is 0. The molecule has 0 aliphatic heterocycles. The van der Waals surface area contributed by atoms with E-state index < -0.39 is 0 Å². The third-order valence-corrected chi connectivity index (χ3v) is 3.56. The van der Waals surface area contributed by atoms with Crippen molar-refractivity contribution in [2.45, 2.75) is 26.8 Å². The molecule has 2 rings (SSSR count). The highest BCUT2D eigenvalue weighted by Crippen LogP contribution is 2.35. The first-order valence-electron chi connectivity index (χ1n) is 7.47. The van der Waals surface area contributed by atoms with Crippen LogP contribution < -0.4 is 10.1 Å². The lowest BCUT2D eigenvalue weighted by atomic mass is 10.0. The first-order valence-corrected chi connectivity index (χ1v) is 7.85. The lowest BCUT2D eigenvalue weighted by molar-refractivity contribution is 0.318. The van der Waals surface area contributed by atoms with Crippen molar-refractivity contribution in [1.29, 1.82) is 0 Å². The first-order chi connectivity index (χ1) is 10.3. The molecule has 0 radical (unpaired) electrons. The fourth-order valence-corrected chi connectivity index (χ4v) is 2.49. The van der Waals surface area contributed by atoms with E-state index in [-0.39, 0.29) is 0 Å². The van der Waals surface area contributed by atoms with Crippen LogP contribution in [0, 0.1) is 0 Å². The van der Waals surface area contributed by atoms with Crippen molar-refractivity contribution in [1.82, 2.24) is 5.32 Å². The Balaban J connectivity index is 2.29. The second kappa shape index (κ2) is 8.06. The molecule has 2 nitrogen and oxygen atoms in total. The van der Waals surface area contributed by atoms with Gasteiger partial charge < -0.3 is 10.1 Å². The molecule has 0 bridgehead atoms. The van der Waals surface area contributed by atoms with Crippen molar-refractivity contribution in [2.24, 2.45) is 0 Å². The second-order valence-corrected chi connectivity index (χ2v) is 5.35. The van der Waals surface area contributed by atoms with E-state index in [1.54, 1.807) is 0 Å². The van der Waals surface area contributed by atoms with Crippen molar-refractivity contribution in [2.75, 3.05) is 13.2 Å². The van der Waals surface area contributed by atoms with Gasteiger partial charge in [0.2, 0.25) is 0 Å². The number of hydrogen-bond donors (Lipinski definition) is 1. The molecule has 0 heterocycles. The molecule has 0 saturated heterocycles. The summed E-state index contributed by atoms with van der Waals surface area (Å²) in [5, 5.41) is 4.07. The summed E-state index contributed by atoms with van der Waals surface area (Å²) in [7, 11) is 0. The van der Waals surface area contributed by atoms with Crippen LogP contribution in [0.5, 0.6) is 5.75 Å². The third-order valence-electron chi connectivity index (χ3n) is 3.25. The van der Waals surface area contributed by atoms with Gasteiger partial charge in [-0.15, -0.1) is 0 Å². The largest absolute Gasteiger partial charge is 0.493 e. The Morgan fingerprint density at radius 2 is 1.86 bits per heavy atom. The maximum absolute atomic E-state index is 6.47. The standard InChI is InChI=1S/C18H22ClNO/c1-3-11-21-18-8-6-5-7-16(18)15-10-9-14(12-17(15)19)13-20-4-2/h5-10,12,20H,3-4,11,13H2,1-2H3. The molecule has 0 spiro atoms. The number of rotatable bonds is 7. The SMILES string of the molecule is CCCOc1ccccc1-c1ccc(CNCC)cc1Cl. The predicted octanol–water partition coefficient (Wildman–Crippen LogP) is 4.91. The van der Waals surface area contributed by atoms with Crippen LogP contribution in [0.15, 0.2) is 42.5 Å². The fourth-order valence-electron chi connectivity index (χ4n) is 2.18. The molecule has 3 heteroatoms. The fraction of sp³-hybridized carbons (Fsp3) is 0.333. The zero-order chi connectivity index (χ0) is 15.1. The highest BCUT2D eigenvalue weighted by molar-refractivity contribution is 6.33. The van der Waals surface area contributed by atoms with Gasteiger partial charge in [-0.05, 0) is 30.7 Å². The van der Waals surface area contributed by atoms with Crippen LogP contribution in [0.4, 0.5) is 0 Å². The maximum atomic E-state index is 6.47. The predicted molar refractivity (Wildman–Crippen MR) is 90.1 cm³/mol. The minimum absolute atomic E-state index is 0.715. The average Bonchev–Trinajstić information content (AvgIpc) is 2.51. The number of nitrogens with one attached hydrogen (secondary N) is 1. The number of benzene rings is 2. The summed E-state index contributed by atoms with van der Waals surface area (Å²) in [5.41, 5.74) is 3.26. The van der Waals surface area contributed by atoms with Crippen LogP contribution in [0.3, 0.4) is 0 Å². The quantitative estimate of drug-likeness (QED) is 0.785. The Morgan fingerprint density at radius 1 is 1.05 bits per heavy atom. The molecule has 0 aliphatic rings. The average molecular weight is 304 g/mol. The Kier molecular flexibility index (Phi) is 6.09. The Hall–Kier alpha value is -1.51. The molecule has 0 amide bonds. The molecule has 0 unspecified atom stereocenters. The minimum atomic E-state index is 0.715. The van der Waals surface area contributed by atoms with E-state index >= 15 is 0 Å². The third kappa shape index (κ3) is 4.23. The Morgan fingerprint density at radius 3 is 2.57 bits per heavy atom. The van der Waals surface area contributed by atoms with Crippen LogP contribution in [0.25, 0.3) is 11.1 Å². The van der Waals surface area contributed by atoms with Gasteiger partial charge in [-0.1, -0.05) is 55.8 Å². The van der Waals surface area contributed by atoms with E-state index in [9.17, 15) is 0 Å². The highest BCUT2D eigenvalue weighted by atomic mass is 35.5. The number of para-hydroxylation sites is 1. The van der Waals surface area contributed by atoms with Crippen molar-refractivity contribution in [3.8, 4) is 16.9 Å². The lowest BCUT2D eigenvalue weighted by Crippen LogP contribution is -2.11. The molecule has 112 valence electrons. The molecule has 1 N–H and O–H groups in total. The summed E-state index contributed by atoms with van der Waals surface area (Å²) >= 11 is 6.47. The van der Waals surface area contributed by atoms with Gasteiger partial charge in [0.15, 0.2) is 0 Å². The van der Waals surface area contributed by atoms with E-state index in [0.717, 1.165) is 41.4 Å². The zero-order valence-corrected chi connectivity index (χ0v) is 13.4. The van der Waals surface area contributed by atoms with Gasteiger partial charge in [0.25, 0.3) is 0 Å². The van der Waals surface area contributed by atoms with Gasteiger partial charge in [0.1, 0.15) is 5.75 Å². The van der Waals surface area contributed by atoms with E-state index in [0.29, 0.717) is 6.61 Å². The normalized spacial score (nSPS) is 10.6. The van der Waals surface area contributed by atoms with Gasteiger partial charge in [0, 0.05) is 22.7 Å². The molecule has 2 aromatic rings.